The minimum Gasteiger partial charge on any atom is -0.490 e. The van der Waals surface area contributed by atoms with Crippen molar-refractivity contribution in [3.05, 3.63) is 119 Å². The van der Waals surface area contributed by atoms with Crippen LogP contribution in [0.15, 0.2) is 97.1 Å². The van der Waals surface area contributed by atoms with Gasteiger partial charge in [0, 0.05) is 12.8 Å². The van der Waals surface area contributed by atoms with Gasteiger partial charge >= 0.3 is 0 Å². The molecule has 0 spiro atoms. The van der Waals surface area contributed by atoms with Gasteiger partial charge in [-0.15, -0.1) is 0 Å². The highest BCUT2D eigenvalue weighted by Gasteiger charge is 2.24. The van der Waals surface area contributed by atoms with E-state index in [4.69, 9.17) is 18.9 Å². The van der Waals surface area contributed by atoms with Crippen LogP contribution in [0.5, 0.6) is 11.5 Å². The number of hydrogen-bond donors (Lipinski definition) is 0. The Kier molecular flexibility index (Phi) is 6.70. The van der Waals surface area contributed by atoms with E-state index in [-0.39, 0.29) is 12.2 Å². The molecule has 2 unspecified atom stereocenters. The highest BCUT2D eigenvalue weighted by Crippen LogP contribution is 2.27. The average Bonchev–Trinajstić information content (AvgIpc) is 3.85. The molecule has 4 nitrogen and oxygen atoms in total. The predicted molar refractivity (Wildman–Crippen MR) is 141 cm³/mol. The third kappa shape index (κ3) is 5.96. The molecule has 4 heteroatoms. The highest BCUT2D eigenvalue weighted by atomic mass is 16.6. The summed E-state index contributed by atoms with van der Waals surface area (Å²) in [5, 5.41) is 0. The summed E-state index contributed by atoms with van der Waals surface area (Å²) in [4.78, 5) is 0. The van der Waals surface area contributed by atoms with E-state index in [0.29, 0.717) is 13.2 Å². The number of ether oxygens (including phenoxy) is 4. The van der Waals surface area contributed by atoms with Gasteiger partial charge < -0.3 is 18.9 Å². The Balaban J connectivity index is 1.10. The zero-order chi connectivity index (χ0) is 24.2. The Labute approximate surface area is 212 Å². The van der Waals surface area contributed by atoms with E-state index in [1.807, 2.05) is 24.3 Å². The molecule has 36 heavy (non-hydrogen) atoms. The van der Waals surface area contributed by atoms with Gasteiger partial charge in [-0.25, -0.2) is 0 Å². The first-order valence-corrected chi connectivity index (χ1v) is 12.6. The molecule has 2 heterocycles. The maximum Gasteiger partial charge on any atom is 0.122 e. The highest BCUT2D eigenvalue weighted by molar-refractivity contribution is 5.64. The van der Waals surface area contributed by atoms with Crippen molar-refractivity contribution in [3.8, 4) is 22.6 Å². The van der Waals surface area contributed by atoms with Crippen molar-refractivity contribution in [1.29, 1.82) is 0 Å². The molecule has 182 valence electrons. The van der Waals surface area contributed by atoms with Crippen LogP contribution in [0.3, 0.4) is 0 Å². The fraction of sp³-hybridized carbons (Fsp3) is 0.250. The molecular weight excluding hydrogens is 448 g/mol. The average molecular weight is 479 g/mol. The summed E-state index contributed by atoms with van der Waals surface area (Å²) in [5.41, 5.74) is 7.36. The van der Waals surface area contributed by atoms with Gasteiger partial charge in [-0.2, -0.15) is 0 Å². The molecule has 4 aromatic carbocycles. The van der Waals surface area contributed by atoms with Gasteiger partial charge in [0.2, 0.25) is 0 Å². The molecule has 2 fully saturated rings. The van der Waals surface area contributed by atoms with E-state index in [2.05, 4.69) is 72.8 Å². The molecule has 0 aromatic heterocycles. The van der Waals surface area contributed by atoms with Gasteiger partial charge in [-0.1, -0.05) is 84.9 Å². The topological polar surface area (TPSA) is 43.5 Å². The van der Waals surface area contributed by atoms with E-state index < -0.39 is 0 Å². The molecular formula is C32H30O4. The molecule has 0 amide bonds. The summed E-state index contributed by atoms with van der Waals surface area (Å²) in [5.74, 6) is 1.89. The third-order valence-electron chi connectivity index (χ3n) is 6.63. The molecule has 2 atom stereocenters. The smallest absolute Gasteiger partial charge is 0.122 e. The van der Waals surface area contributed by atoms with Crippen LogP contribution in [0.25, 0.3) is 11.1 Å². The largest absolute Gasteiger partial charge is 0.490 e. The van der Waals surface area contributed by atoms with Gasteiger partial charge in [-0.05, 0) is 45.5 Å². The molecule has 0 bridgehead atoms. The van der Waals surface area contributed by atoms with Crippen LogP contribution in [0.2, 0.25) is 0 Å². The summed E-state index contributed by atoms with van der Waals surface area (Å²) < 4.78 is 22.5. The summed E-state index contributed by atoms with van der Waals surface area (Å²) in [6.45, 7) is 2.87. The molecule has 4 aromatic rings. The molecule has 2 aliphatic heterocycles. The van der Waals surface area contributed by atoms with E-state index in [0.717, 1.165) is 37.6 Å². The summed E-state index contributed by atoms with van der Waals surface area (Å²) >= 11 is 0. The first kappa shape index (κ1) is 22.8. The third-order valence-corrected chi connectivity index (χ3v) is 6.63. The summed E-state index contributed by atoms with van der Waals surface area (Å²) in [7, 11) is 0. The standard InChI is InChI=1S/C32H30O4/c1-3-7-31(35-21-29-19-33-29)27(5-1)17-23-9-13-25(14-10-23)26-15-11-24(12-16-26)18-28-6-2-4-8-32(28)36-22-30-20-34-30/h1-16,29-30H,17-22H2. The number of rotatable bonds is 11. The van der Waals surface area contributed by atoms with Crippen molar-refractivity contribution in [3.63, 3.8) is 0 Å². The lowest BCUT2D eigenvalue weighted by Gasteiger charge is -2.12. The van der Waals surface area contributed by atoms with Crippen molar-refractivity contribution in [2.75, 3.05) is 26.4 Å². The maximum atomic E-state index is 5.98. The molecule has 0 N–H and O–H groups in total. The SMILES string of the molecule is c1ccc(OCC2CO2)c(Cc2ccc(-c3ccc(Cc4ccccc4OCC4CO4)cc3)cc2)c1. The van der Waals surface area contributed by atoms with E-state index in [1.54, 1.807) is 0 Å². The maximum absolute atomic E-state index is 5.98. The lowest BCUT2D eigenvalue weighted by Crippen LogP contribution is -2.06. The molecule has 0 radical (unpaired) electrons. The van der Waals surface area contributed by atoms with Crippen molar-refractivity contribution < 1.29 is 18.9 Å². The Morgan fingerprint density at radius 3 is 1.31 bits per heavy atom. The van der Waals surface area contributed by atoms with Crippen LogP contribution >= 0.6 is 0 Å². The number of benzene rings is 4. The van der Waals surface area contributed by atoms with Crippen molar-refractivity contribution >= 4 is 0 Å². The van der Waals surface area contributed by atoms with Crippen molar-refractivity contribution in [2.24, 2.45) is 0 Å². The first-order valence-electron chi connectivity index (χ1n) is 12.6. The van der Waals surface area contributed by atoms with E-state index >= 15 is 0 Å². The van der Waals surface area contributed by atoms with E-state index in [1.165, 1.54) is 33.4 Å². The quantitative estimate of drug-likeness (QED) is 0.245. The number of hydrogen-bond acceptors (Lipinski definition) is 4. The van der Waals surface area contributed by atoms with Crippen LogP contribution in [-0.4, -0.2) is 38.6 Å². The van der Waals surface area contributed by atoms with Gasteiger partial charge in [0.05, 0.1) is 13.2 Å². The monoisotopic (exact) mass is 478 g/mol. The molecule has 0 saturated carbocycles. The second-order valence-corrected chi connectivity index (χ2v) is 9.50. The van der Waals surface area contributed by atoms with Crippen LogP contribution in [0.4, 0.5) is 0 Å². The van der Waals surface area contributed by atoms with Crippen LogP contribution in [-0.2, 0) is 22.3 Å². The van der Waals surface area contributed by atoms with E-state index in [9.17, 15) is 0 Å². The zero-order valence-electron chi connectivity index (χ0n) is 20.3. The second-order valence-electron chi connectivity index (χ2n) is 9.50. The first-order chi connectivity index (χ1) is 17.8. The van der Waals surface area contributed by atoms with Crippen molar-refractivity contribution in [1.82, 2.24) is 0 Å². The van der Waals surface area contributed by atoms with Gasteiger partial charge in [-0.3, -0.25) is 0 Å². The van der Waals surface area contributed by atoms with Crippen LogP contribution in [0, 0.1) is 0 Å². The zero-order valence-corrected chi connectivity index (χ0v) is 20.3. The van der Waals surface area contributed by atoms with Crippen LogP contribution in [0.1, 0.15) is 22.3 Å². The molecule has 6 rings (SSSR count). The summed E-state index contributed by atoms with van der Waals surface area (Å²) in [6.07, 6.45) is 2.20. The van der Waals surface area contributed by atoms with Crippen LogP contribution < -0.4 is 9.47 Å². The van der Waals surface area contributed by atoms with Gasteiger partial charge in [0.15, 0.2) is 0 Å². The fourth-order valence-electron chi connectivity index (χ4n) is 4.35. The number of epoxide rings is 2. The lowest BCUT2D eigenvalue weighted by molar-refractivity contribution is 0.261. The molecule has 2 saturated heterocycles. The predicted octanol–water partition coefficient (Wildman–Crippen LogP) is 6.09. The lowest BCUT2D eigenvalue weighted by atomic mass is 9.98. The Morgan fingerprint density at radius 1 is 0.528 bits per heavy atom. The molecule has 0 aliphatic carbocycles. The minimum atomic E-state index is 0.259. The van der Waals surface area contributed by atoms with Gasteiger partial charge in [0.25, 0.3) is 0 Å². The normalized spacial score (nSPS) is 18.0. The van der Waals surface area contributed by atoms with Crippen molar-refractivity contribution in [2.45, 2.75) is 25.0 Å². The Morgan fingerprint density at radius 2 is 0.917 bits per heavy atom. The minimum absolute atomic E-state index is 0.259. The summed E-state index contributed by atoms with van der Waals surface area (Å²) in [6, 6.07) is 34.2. The number of para-hydroxylation sites is 2. The van der Waals surface area contributed by atoms with Gasteiger partial charge in [0.1, 0.15) is 36.9 Å². The fourth-order valence-corrected chi connectivity index (χ4v) is 4.35. The molecule has 2 aliphatic rings. The second kappa shape index (κ2) is 10.6. The Hall–Kier alpha value is -3.60. The Bertz CT molecular complexity index is 1190.